The van der Waals surface area contributed by atoms with E-state index in [0.717, 1.165) is 5.56 Å². The van der Waals surface area contributed by atoms with Gasteiger partial charge < -0.3 is 19.9 Å². The van der Waals surface area contributed by atoms with Crippen molar-refractivity contribution in [2.45, 2.75) is 19.4 Å². The van der Waals surface area contributed by atoms with Crippen LogP contribution < -0.4 is 10.1 Å². The van der Waals surface area contributed by atoms with E-state index in [1.807, 2.05) is 31.2 Å². The van der Waals surface area contributed by atoms with E-state index in [1.54, 1.807) is 19.3 Å². The summed E-state index contributed by atoms with van der Waals surface area (Å²) in [5.41, 5.74) is 0.831. The van der Waals surface area contributed by atoms with Crippen molar-refractivity contribution in [3.8, 4) is 5.75 Å². The number of methoxy groups -OCH3 is 1. The number of aliphatic carboxylic acids is 1. The van der Waals surface area contributed by atoms with Gasteiger partial charge in [0.1, 0.15) is 12.4 Å². The lowest BCUT2D eigenvalue weighted by Gasteiger charge is -2.23. The number of carbonyl (C=O) groups is 2. The minimum atomic E-state index is -0.908. The molecule has 24 heavy (non-hydrogen) atoms. The van der Waals surface area contributed by atoms with E-state index in [-0.39, 0.29) is 25.0 Å². The van der Waals surface area contributed by atoms with E-state index in [9.17, 15) is 9.59 Å². The number of amides is 1. The van der Waals surface area contributed by atoms with Gasteiger partial charge in [-0.3, -0.25) is 4.79 Å². The van der Waals surface area contributed by atoms with Crippen LogP contribution in [0.25, 0.3) is 0 Å². The monoisotopic (exact) mass is 333 g/mol. The molecule has 0 aliphatic rings. The second-order valence-electron chi connectivity index (χ2n) is 5.17. The van der Waals surface area contributed by atoms with Crippen LogP contribution in [0.15, 0.2) is 49.1 Å². The van der Waals surface area contributed by atoms with Gasteiger partial charge in [-0.25, -0.2) is 4.79 Å². The molecular weight excluding hydrogens is 310 g/mol. The van der Waals surface area contributed by atoms with Gasteiger partial charge in [0.05, 0.1) is 19.6 Å². The summed E-state index contributed by atoms with van der Waals surface area (Å²) in [6, 6.07) is 6.93. The Morgan fingerprint density at radius 1 is 1.42 bits per heavy atom. The van der Waals surface area contributed by atoms with E-state index in [1.165, 1.54) is 6.08 Å². The average molecular weight is 333 g/mol. The number of carboxylic acids is 1. The molecule has 0 radical (unpaired) electrons. The maximum absolute atomic E-state index is 11.9. The first kappa shape index (κ1) is 19.3. The fourth-order valence-corrected chi connectivity index (χ4v) is 2.15. The topological polar surface area (TPSA) is 84.9 Å². The van der Waals surface area contributed by atoms with Gasteiger partial charge in [0.25, 0.3) is 0 Å². The highest BCUT2D eigenvalue weighted by molar-refractivity contribution is 5.69. The van der Waals surface area contributed by atoms with Gasteiger partial charge in [-0.2, -0.15) is 0 Å². The van der Waals surface area contributed by atoms with Crippen molar-refractivity contribution in [1.82, 2.24) is 5.32 Å². The number of carbonyl (C=O) groups excluding carboxylic acids is 1. The molecule has 0 saturated heterocycles. The molecule has 2 atom stereocenters. The minimum Gasteiger partial charge on any atom is -0.497 e. The lowest BCUT2D eigenvalue weighted by molar-refractivity contribution is -0.136. The third-order valence-electron chi connectivity index (χ3n) is 3.32. The summed E-state index contributed by atoms with van der Waals surface area (Å²) in [4.78, 5) is 22.5. The van der Waals surface area contributed by atoms with Gasteiger partial charge in [-0.1, -0.05) is 43.9 Å². The number of ether oxygens (including phenoxy) is 2. The normalized spacial score (nSPS) is 13.1. The van der Waals surface area contributed by atoms with Gasteiger partial charge in [-0.05, 0) is 23.6 Å². The predicted octanol–water partition coefficient (Wildman–Crippen LogP) is 3.32. The maximum atomic E-state index is 11.9. The Morgan fingerprint density at radius 3 is 2.79 bits per heavy atom. The van der Waals surface area contributed by atoms with Crippen LogP contribution in [0.1, 0.15) is 24.9 Å². The Kier molecular flexibility index (Phi) is 8.11. The zero-order valence-corrected chi connectivity index (χ0v) is 13.9. The van der Waals surface area contributed by atoms with Gasteiger partial charge in [-0.15, -0.1) is 0 Å². The first-order valence-corrected chi connectivity index (χ1v) is 7.54. The smallest absolute Gasteiger partial charge is 0.407 e. The molecule has 0 aliphatic heterocycles. The highest BCUT2D eigenvalue weighted by atomic mass is 16.5. The van der Waals surface area contributed by atoms with Crippen LogP contribution in [0, 0.1) is 5.92 Å². The molecule has 1 aromatic carbocycles. The molecule has 0 bridgehead atoms. The van der Waals surface area contributed by atoms with Gasteiger partial charge in [0.15, 0.2) is 0 Å². The average Bonchev–Trinajstić information content (AvgIpc) is 2.57. The lowest BCUT2D eigenvalue weighted by atomic mass is 9.93. The first-order valence-electron chi connectivity index (χ1n) is 7.54. The lowest BCUT2D eigenvalue weighted by Crippen LogP contribution is -2.32. The molecule has 0 spiro atoms. The molecule has 0 saturated carbocycles. The highest BCUT2D eigenvalue weighted by Gasteiger charge is 2.21. The Morgan fingerprint density at radius 2 is 2.17 bits per heavy atom. The fourth-order valence-electron chi connectivity index (χ4n) is 2.15. The Balaban J connectivity index is 2.96. The zero-order valence-electron chi connectivity index (χ0n) is 13.9. The zero-order chi connectivity index (χ0) is 17.9. The summed E-state index contributed by atoms with van der Waals surface area (Å²) in [5, 5.41) is 11.5. The van der Waals surface area contributed by atoms with Crippen LogP contribution in [-0.2, 0) is 9.53 Å². The summed E-state index contributed by atoms with van der Waals surface area (Å²) >= 11 is 0. The van der Waals surface area contributed by atoms with Crippen molar-refractivity contribution in [1.29, 1.82) is 0 Å². The number of alkyl carbamates (subject to hydrolysis) is 1. The van der Waals surface area contributed by atoms with Crippen LogP contribution in [-0.4, -0.2) is 30.9 Å². The Bertz CT molecular complexity index is 597. The second-order valence-corrected chi connectivity index (χ2v) is 5.17. The van der Waals surface area contributed by atoms with Gasteiger partial charge in [0.2, 0.25) is 0 Å². The van der Waals surface area contributed by atoms with E-state index in [4.69, 9.17) is 14.6 Å². The highest BCUT2D eigenvalue weighted by Crippen LogP contribution is 2.26. The van der Waals surface area contributed by atoms with E-state index >= 15 is 0 Å². The molecule has 130 valence electrons. The van der Waals surface area contributed by atoms with Gasteiger partial charge >= 0.3 is 12.1 Å². The Hall–Kier alpha value is -2.76. The molecule has 0 heterocycles. The molecule has 0 fully saturated rings. The van der Waals surface area contributed by atoms with Crippen LogP contribution in [0.2, 0.25) is 0 Å². The predicted molar refractivity (Wildman–Crippen MR) is 91.0 cm³/mol. The number of carboxylic acid groups (broad SMARTS) is 1. The standard InChI is InChI=1S/C18H23NO5/c1-4-11-24-18(22)19-17(13(2)7-5-10-16(20)21)14-8-6-9-15(12-14)23-3/h4-9,12-13,17H,1,10-11H2,2-3H3,(H,19,22)(H,20,21)/t13-,17+/m0/s1. The molecule has 1 rings (SSSR count). The van der Waals surface area contributed by atoms with Crippen molar-refractivity contribution >= 4 is 12.1 Å². The van der Waals surface area contributed by atoms with E-state index < -0.39 is 12.1 Å². The summed E-state index contributed by atoms with van der Waals surface area (Å²) in [6.07, 6.45) is 4.16. The number of hydrogen-bond acceptors (Lipinski definition) is 4. The van der Waals surface area contributed by atoms with Crippen molar-refractivity contribution in [3.05, 3.63) is 54.6 Å². The molecule has 0 aromatic heterocycles. The quantitative estimate of drug-likeness (QED) is 0.677. The van der Waals surface area contributed by atoms with Crippen LogP contribution in [0.3, 0.4) is 0 Å². The van der Waals surface area contributed by atoms with Crippen molar-refractivity contribution in [2.24, 2.45) is 5.92 Å². The number of benzene rings is 1. The van der Waals surface area contributed by atoms with Crippen molar-refractivity contribution in [2.75, 3.05) is 13.7 Å². The van der Waals surface area contributed by atoms with E-state index in [2.05, 4.69) is 11.9 Å². The summed E-state index contributed by atoms with van der Waals surface area (Å²) < 4.78 is 10.2. The molecule has 6 heteroatoms. The molecule has 1 amide bonds. The molecular formula is C18H23NO5. The first-order chi connectivity index (χ1) is 11.5. The minimum absolute atomic E-state index is 0.0733. The number of nitrogens with one attached hydrogen (secondary N) is 1. The molecule has 0 unspecified atom stereocenters. The van der Waals surface area contributed by atoms with E-state index in [0.29, 0.717) is 5.75 Å². The summed E-state index contributed by atoms with van der Waals surface area (Å²) in [7, 11) is 1.57. The maximum Gasteiger partial charge on any atom is 0.407 e. The van der Waals surface area contributed by atoms with Gasteiger partial charge in [0, 0.05) is 0 Å². The fraction of sp³-hybridized carbons (Fsp3) is 0.333. The molecule has 2 N–H and O–H groups in total. The molecule has 1 aromatic rings. The summed E-state index contributed by atoms with van der Waals surface area (Å²) in [6.45, 7) is 5.49. The third-order valence-corrected chi connectivity index (χ3v) is 3.32. The van der Waals surface area contributed by atoms with Crippen LogP contribution >= 0.6 is 0 Å². The van der Waals surface area contributed by atoms with Crippen molar-refractivity contribution < 1.29 is 24.2 Å². The molecule has 0 aliphatic carbocycles. The third kappa shape index (κ3) is 6.56. The van der Waals surface area contributed by atoms with Crippen LogP contribution in [0.5, 0.6) is 5.75 Å². The summed E-state index contributed by atoms with van der Waals surface area (Å²) in [5.74, 6) is -0.386. The van der Waals surface area contributed by atoms with Crippen LogP contribution in [0.4, 0.5) is 4.79 Å². The largest absolute Gasteiger partial charge is 0.497 e. The second kappa shape index (κ2) is 10.1. The number of hydrogen-bond donors (Lipinski definition) is 2. The number of rotatable bonds is 9. The SMILES string of the molecule is C=CCOC(=O)N[C@@H](c1cccc(OC)c1)[C@@H](C)C=CCC(=O)O. The molecule has 6 nitrogen and oxygen atoms in total. The van der Waals surface area contributed by atoms with Crippen molar-refractivity contribution in [3.63, 3.8) is 0 Å². The Labute approximate surface area is 141 Å².